The molecule has 138 valence electrons. The highest BCUT2D eigenvalue weighted by atomic mass is 16.7. The minimum atomic E-state index is -0.737. The monoisotopic (exact) mass is 368 g/mol. The summed E-state index contributed by atoms with van der Waals surface area (Å²) in [5.41, 5.74) is 0.0812. The summed E-state index contributed by atoms with van der Waals surface area (Å²) in [5.74, 6) is 1.08. The second kappa shape index (κ2) is 6.64. The Morgan fingerprint density at radius 2 is 2.11 bits per heavy atom. The molecule has 0 N–H and O–H groups in total. The van der Waals surface area contributed by atoms with Gasteiger partial charge in [-0.1, -0.05) is 0 Å². The van der Waals surface area contributed by atoms with Crippen molar-refractivity contribution in [1.82, 2.24) is 9.55 Å². The number of aryl methyl sites for hydroxylation is 1. The van der Waals surface area contributed by atoms with Crippen LogP contribution in [0.25, 0.3) is 22.7 Å². The Morgan fingerprint density at radius 1 is 1.30 bits per heavy atom. The number of fused-ring (bicyclic) bond motifs is 1. The highest BCUT2D eigenvalue weighted by Gasteiger charge is 2.25. The number of hydrogen-bond donors (Lipinski definition) is 0. The molecule has 0 atom stereocenters. The number of hydrogen-bond acceptors (Lipinski definition) is 7. The summed E-state index contributed by atoms with van der Waals surface area (Å²) in [4.78, 5) is 29.5. The normalized spacial score (nSPS) is 12.2. The molecule has 0 spiro atoms. The van der Waals surface area contributed by atoms with Crippen molar-refractivity contribution in [3.8, 4) is 34.2 Å². The van der Waals surface area contributed by atoms with Crippen molar-refractivity contribution >= 4 is 5.97 Å². The third-order valence-electron chi connectivity index (χ3n) is 4.17. The second-order valence-electron chi connectivity index (χ2n) is 5.83. The number of imidazole rings is 1. The SMILES string of the molecule is CCOC(=O)c1coc(-c2ccc3c(c2)OCO3)c(-c2nccn2C)c1=O. The molecule has 1 aromatic carbocycles. The van der Waals surface area contributed by atoms with Crippen molar-refractivity contribution in [2.24, 2.45) is 7.05 Å². The van der Waals surface area contributed by atoms with Crippen molar-refractivity contribution in [3.63, 3.8) is 0 Å². The van der Waals surface area contributed by atoms with E-state index in [0.717, 1.165) is 6.26 Å². The first-order chi connectivity index (χ1) is 13.1. The molecule has 1 aliphatic rings. The quantitative estimate of drug-likeness (QED) is 0.654. The van der Waals surface area contributed by atoms with Gasteiger partial charge in [-0.15, -0.1) is 0 Å². The summed E-state index contributed by atoms with van der Waals surface area (Å²) in [7, 11) is 1.75. The average molecular weight is 368 g/mol. The van der Waals surface area contributed by atoms with Gasteiger partial charge in [0.2, 0.25) is 12.2 Å². The fourth-order valence-electron chi connectivity index (χ4n) is 2.88. The zero-order valence-electron chi connectivity index (χ0n) is 14.7. The molecule has 1 aliphatic heterocycles. The molecule has 3 heterocycles. The molecule has 0 aliphatic carbocycles. The van der Waals surface area contributed by atoms with Gasteiger partial charge in [-0.25, -0.2) is 9.78 Å². The number of esters is 1. The lowest BCUT2D eigenvalue weighted by Crippen LogP contribution is -2.20. The van der Waals surface area contributed by atoms with Gasteiger partial charge in [0.05, 0.1) is 6.61 Å². The summed E-state index contributed by atoms with van der Waals surface area (Å²) < 4.78 is 23.1. The van der Waals surface area contributed by atoms with Crippen LogP contribution in [0.3, 0.4) is 0 Å². The average Bonchev–Trinajstić information content (AvgIpc) is 3.29. The molecule has 4 rings (SSSR count). The van der Waals surface area contributed by atoms with Crippen molar-refractivity contribution < 1.29 is 23.4 Å². The summed E-state index contributed by atoms with van der Waals surface area (Å²) in [6.07, 6.45) is 4.39. The van der Waals surface area contributed by atoms with E-state index in [4.69, 9.17) is 18.6 Å². The first-order valence-corrected chi connectivity index (χ1v) is 8.30. The minimum Gasteiger partial charge on any atom is -0.462 e. The van der Waals surface area contributed by atoms with E-state index >= 15 is 0 Å². The van der Waals surface area contributed by atoms with E-state index in [1.807, 2.05) is 0 Å². The number of benzene rings is 1. The van der Waals surface area contributed by atoms with Crippen molar-refractivity contribution in [1.29, 1.82) is 0 Å². The first-order valence-electron chi connectivity index (χ1n) is 8.30. The van der Waals surface area contributed by atoms with Crippen LogP contribution in [0.15, 0.2) is 46.1 Å². The van der Waals surface area contributed by atoms with Gasteiger partial charge in [0.25, 0.3) is 0 Å². The maximum Gasteiger partial charge on any atom is 0.345 e. The van der Waals surface area contributed by atoms with Crippen LogP contribution < -0.4 is 14.9 Å². The van der Waals surface area contributed by atoms with Crippen LogP contribution in [0.5, 0.6) is 11.5 Å². The summed E-state index contributed by atoms with van der Waals surface area (Å²) in [6, 6.07) is 5.21. The topological polar surface area (TPSA) is 92.8 Å². The second-order valence-corrected chi connectivity index (χ2v) is 5.83. The van der Waals surface area contributed by atoms with Gasteiger partial charge < -0.3 is 23.2 Å². The molecule has 0 saturated carbocycles. The van der Waals surface area contributed by atoms with E-state index in [-0.39, 0.29) is 30.3 Å². The molecule has 0 amide bonds. The molecule has 8 heteroatoms. The lowest BCUT2D eigenvalue weighted by molar-refractivity contribution is 0.0522. The third-order valence-corrected chi connectivity index (χ3v) is 4.17. The van der Waals surface area contributed by atoms with Crippen LogP contribution in [0.2, 0.25) is 0 Å². The Morgan fingerprint density at radius 3 is 2.85 bits per heavy atom. The maximum absolute atomic E-state index is 13.1. The number of aromatic nitrogens is 2. The van der Waals surface area contributed by atoms with E-state index in [2.05, 4.69) is 4.98 Å². The van der Waals surface area contributed by atoms with E-state index in [0.29, 0.717) is 22.9 Å². The summed E-state index contributed by atoms with van der Waals surface area (Å²) in [5, 5.41) is 0. The predicted molar refractivity (Wildman–Crippen MR) is 94.7 cm³/mol. The van der Waals surface area contributed by atoms with E-state index in [1.165, 1.54) is 0 Å². The molecule has 0 bridgehead atoms. The lowest BCUT2D eigenvalue weighted by atomic mass is 10.0. The molecule has 3 aromatic rings. The fourth-order valence-corrected chi connectivity index (χ4v) is 2.88. The Hall–Kier alpha value is -3.55. The van der Waals surface area contributed by atoms with E-state index in [9.17, 15) is 9.59 Å². The third kappa shape index (κ3) is 2.84. The molecule has 0 radical (unpaired) electrons. The lowest BCUT2D eigenvalue weighted by Gasteiger charge is -2.10. The molecular weight excluding hydrogens is 352 g/mol. The van der Waals surface area contributed by atoms with Gasteiger partial charge >= 0.3 is 5.97 Å². The van der Waals surface area contributed by atoms with Gasteiger partial charge in [0.1, 0.15) is 29.0 Å². The standard InChI is InChI=1S/C19H16N2O6/c1-3-24-19(23)12-9-25-17(11-4-5-13-14(8-11)27-10-26-13)15(16(12)22)18-20-6-7-21(18)2/h4-9H,3,10H2,1-2H3. The highest BCUT2D eigenvalue weighted by molar-refractivity contribution is 5.91. The molecule has 2 aromatic heterocycles. The predicted octanol–water partition coefficient (Wildman–Crippen LogP) is 2.61. The minimum absolute atomic E-state index is 0.136. The van der Waals surface area contributed by atoms with Gasteiger partial charge in [0, 0.05) is 25.0 Å². The van der Waals surface area contributed by atoms with Gasteiger partial charge in [-0.2, -0.15) is 0 Å². The van der Waals surface area contributed by atoms with Gasteiger partial charge in [0.15, 0.2) is 11.5 Å². The highest BCUT2D eigenvalue weighted by Crippen LogP contribution is 2.38. The van der Waals surface area contributed by atoms with Crippen molar-refractivity contribution in [2.75, 3.05) is 13.4 Å². The Bertz CT molecular complexity index is 1080. The molecule has 8 nitrogen and oxygen atoms in total. The zero-order valence-corrected chi connectivity index (χ0v) is 14.7. The number of nitrogens with zero attached hydrogens (tertiary/aromatic N) is 2. The number of ether oxygens (including phenoxy) is 3. The smallest absolute Gasteiger partial charge is 0.345 e. The van der Waals surface area contributed by atoms with Crippen LogP contribution in [-0.2, 0) is 11.8 Å². The van der Waals surface area contributed by atoms with Crippen LogP contribution >= 0.6 is 0 Å². The number of carbonyl (C=O) groups is 1. The summed E-state index contributed by atoms with van der Waals surface area (Å²) in [6.45, 7) is 1.96. The van der Waals surface area contributed by atoms with Crippen molar-refractivity contribution in [2.45, 2.75) is 6.92 Å². The van der Waals surface area contributed by atoms with Crippen LogP contribution in [0, 0.1) is 0 Å². The Kier molecular flexibility index (Phi) is 4.15. The van der Waals surface area contributed by atoms with Crippen molar-refractivity contribution in [3.05, 3.63) is 52.6 Å². The van der Waals surface area contributed by atoms with E-state index in [1.54, 1.807) is 49.1 Å². The van der Waals surface area contributed by atoms with Crippen LogP contribution in [0.4, 0.5) is 0 Å². The number of carbonyl (C=O) groups excluding carboxylic acids is 1. The Labute approximate surface area is 153 Å². The Balaban J connectivity index is 1.94. The summed E-state index contributed by atoms with van der Waals surface area (Å²) >= 11 is 0. The zero-order chi connectivity index (χ0) is 19.0. The first kappa shape index (κ1) is 16.9. The molecule has 0 saturated heterocycles. The van der Waals surface area contributed by atoms with Crippen LogP contribution in [0.1, 0.15) is 17.3 Å². The van der Waals surface area contributed by atoms with Gasteiger partial charge in [-0.3, -0.25) is 4.79 Å². The van der Waals surface area contributed by atoms with E-state index < -0.39 is 11.4 Å². The van der Waals surface area contributed by atoms with Gasteiger partial charge in [-0.05, 0) is 25.1 Å². The molecule has 0 unspecified atom stereocenters. The fraction of sp³-hybridized carbons (Fsp3) is 0.211. The van der Waals surface area contributed by atoms with Crippen LogP contribution in [-0.4, -0.2) is 28.9 Å². The number of rotatable bonds is 4. The largest absolute Gasteiger partial charge is 0.462 e. The maximum atomic E-state index is 13.1. The molecule has 0 fully saturated rings. The molecule has 27 heavy (non-hydrogen) atoms. The molecular formula is C19H16N2O6.